The quantitative estimate of drug-likeness (QED) is 0.550. The molecule has 2 rings (SSSR count). The Hall–Kier alpha value is -1.35. The predicted molar refractivity (Wildman–Crippen MR) is 86.7 cm³/mol. The maximum absolute atomic E-state index is 12.3. The van der Waals surface area contributed by atoms with Crippen molar-refractivity contribution in [2.24, 2.45) is 5.84 Å². The molecule has 1 heterocycles. The van der Waals surface area contributed by atoms with Gasteiger partial charge in [0, 0.05) is 15.7 Å². The first-order valence-electron chi connectivity index (χ1n) is 5.74. The van der Waals surface area contributed by atoms with E-state index in [1.165, 1.54) is 18.3 Å². The number of benzene rings is 1. The van der Waals surface area contributed by atoms with Gasteiger partial charge in [0.1, 0.15) is 10.7 Å². The first kappa shape index (κ1) is 16.0. The summed E-state index contributed by atoms with van der Waals surface area (Å²) < 4.78 is 27.6. The molecular weight excluding hydrogens is 380 g/mol. The molecule has 0 aliphatic heterocycles. The number of sulfonamides is 1. The van der Waals surface area contributed by atoms with Crippen LogP contribution in [-0.4, -0.2) is 13.4 Å². The maximum Gasteiger partial charge on any atom is 0.263 e. The van der Waals surface area contributed by atoms with Crippen LogP contribution in [0, 0.1) is 6.92 Å². The van der Waals surface area contributed by atoms with E-state index in [9.17, 15) is 8.42 Å². The number of hydrogen-bond donors (Lipinski definition) is 3. The van der Waals surface area contributed by atoms with Crippen molar-refractivity contribution in [2.45, 2.75) is 11.8 Å². The van der Waals surface area contributed by atoms with Gasteiger partial charge >= 0.3 is 0 Å². The number of nitrogen functional groups attached to an aromatic ring is 1. The highest BCUT2D eigenvalue weighted by Crippen LogP contribution is 2.30. The molecule has 0 fully saturated rings. The molecule has 1 aromatic heterocycles. The number of aryl methyl sites for hydroxylation is 1. The highest BCUT2D eigenvalue weighted by Gasteiger charge is 2.17. The third kappa shape index (κ3) is 3.65. The van der Waals surface area contributed by atoms with Crippen LogP contribution < -0.4 is 16.0 Å². The van der Waals surface area contributed by atoms with Crippen LogP contribution in [0.25, 0.3) is 0 Å². The van der Waals surface area contributed by atoms with Gasteiger partial charge in [0.15, 0.2) is 0 Å². The maximum atomic E-state index is 12.3. The van der Waals surface area contributed by atoms with Gasteiger partial charge in [-0.15, -0.1) is 0 Å². The topological polar surface area (TPSA) is 97.1 Å². The van der Waals surface area contributed by atoms with Crippen LogP contribution in [0.5, 0.6) is 0 Å². The molecule has 9 heteroatoms. The average Bonchev–Trinajstić information content (AvgIpc) is 2.44. The summed E-state index contributed by atoms with van der Waals surface area (Å²) in [4.78, 5) is 3.88. The van der Waals surface area contributed by atoms with E-state index in [1.54, 1.807) is 12.1 Å². The van der Waals surface area contributed by atoms with E-state index >= 15 is 0 Å². The zero-order valence-corrected chi connectivity index (χ0v) is 14.1. The summed E-state index contributed by atoms with van der Waals surface area (Å²) >= 11 is 9.31. The molecule has 0 saturated carbocycles. The van der Waals surface area contributed by atoms with Gasteiger partial charge in [-0.2, -0.15) is 0 Å². The molecule has 0 aliphatic carbocycles. The van der Waals surface area contributed by atoms with Crippen molar-refractivity contribution in [3.63, 3.8) is 0 Å². The standard InChI is InChI=1S/C12H12BrClN4O2S/c1-7-4-9(13)11(5-10(7)14)18-21(19,20)8-2-3-12(17-15)16-6-8/h2-6,18H,15H2,1H3,(H,16,17). The van der Waals surface area contributed by atoms with Gasteiger partial charge in [-0.25, -0.2) is 19.2 Å². The number of nitrogens with one attached hydrogen (secondary N) is 2. The number of rotatable bonds is 4. The number of hydrogen-bond acceptors (Lipinski definition) is 5. The van der Waals surface area contributed by atoms with Crippen LogP contribution in [0.2, 0.25) is 5.02 Å². The van der Waals surface area contributed by atoms with Crippen molar-refractivity contribution in [3.8, 4) is 0 Å². The van der Waals surface area contributed by atoms with Gasteiger partial charge in [-0.05, 0) is 52.7 Å². The third-order valence-electron chi connectivity index (χ3n) is 2.69. The minimum absolute atomic E-state index is 0.0186. The Labute approximate surface area is 135 Å². The van der Waals surface area contributed by atoms with E-state index in [2.05, 4.69) is 31.1 Å². The molecular formula is C12H12BrClN4O2S. The smallest absolute Gasteiger partial charge is 0.263 e. The van der Waals surface area contributed by atoms with E-state index in [0.29, 0.717) is 21.0 Å². The third-order valence-corrected chi connectivity index (χ3v) is 5.10. The lowest BCUT2D eigenvalue weighted by molar-refractivity contribution is 0.601. The summed E-state index contributed by atoms with van der Waals surface area (Å²) in [5, 5.41) is 0.469. The molecule has 4 N–H and O–H groups in total. The van der Waals surface area contributed by atoms with Crippen LogP contribution >= 0.6 is 27.5 Å². The summed E-state index contributed by atoms with van der Waals surface area (Å²) in [6.07, 6.45) is 1.21. The fourth-order valence-electron chi connectivity index (χ4n) is 1.55. The molecule has 0 radical (unpaired) electrons. The minimum Gasteiger partial charge on any atom is -0.308 e. The van der Waals surface area contributed by atoms with Crippen molar-refractivity contribution < 1.29 is 8.42 Å². The van der Waals surface area contributed by atoms with Gasteiger partial charge in [-0.3, -0.25) is 4.72 Å². The Morgan fingerprint density at radius 3 is 2.62 bits per heavy atom. The van der Waals surface area contributed by atoms with Crippen LogP contribution in [0.15, 0.2) is 39.8 Å². The van der Waals surface area contributed by atoms with Crippen molar-refractivity contribution in [3.05, 3.63) is 45.5 Å². The van der Waals surface area contributed by atoms with Gasteiger partial charge in [0.25, 0.3) is 10.0 Å². The van der Waals surface area contributed by atoms with E-state index in [-0.39, 0.29) is 4.90 Å². The minimum atomic E-state index is -3.76. The zero-order chi connectivity index (χ0) is 15.6. The van der Waals surface area contributed by atoms with Gasteiger partial charge in [0.2, 0.25) is 0 Å². The zero-order valence-electron chi connectivity index (χ0n) is 10.9. The second-order valence-corrected chi connectivity index (χ2v) is 7.15. The molecule has 0 bridgehead atoms. The Morgan fingerprint density at radius 2 is 2.05 bits per heavy atom. The number of anilines is 2. The van der Waals surface area contributed by atoms with Crippen LogP contribution in [0.4, 0.5) is 11.5 Å². The lowest BCUT2D eigenvalue weighted by Gasteiger charge is -2.11. The lowest BCUT2D eigenvalue weighted by Crippen LogP contribution is -2.14. The Morgan fingerprint density at radius 1 is 1.33 bits per heavy atom. The highest BCUT2D eigenvalue weighted by atomic mass is 79.9. The van der Waals surface area contributed by atoms with Gasteiger partial charge in [0.05, 0.1) is 5.69 Å². The van der Waals surface area contributed by atoms with E-state index in [1.807, 2.05) is 6.92 Å². The number of nitrogens with zero attached hydrogens (tertiary/aromatic N) is 1. The Balaban J connectivity index is 2.34. The Kier molecular flexibility index (Phi) is 4.72. The van der Waals surface area contributed by atoms with Crippen LogP contribution in [-0.2, 0) is 10.0 Å². The molecule has 0 saturated heterocycles. The molecule has 0 unspecified atom stereocenters. The summed E-state index contributed by atoms with van der Waals surface area (Å²) in [5.74, 6) is 5.55. The summed E-state index contributed by atoms with van der Waals surface area (Å²) in [5.41, 5.74) is 3.52. The molecule has 1 aromatic carbocycles. The summed E-state index contributed by atoms with van der Waals surface area (Å²) in [6, 6.07) is 6.14. The van der Waals surface area contributed by atoms with Crippen molar-refractivity contribution >= 4 is 49.1 Å². The summed E-state index contributed by atoms with van der Waals surface area (Å²) in [7, 11) is -3.76. The number of aromatic nitrogens is 1. The van der Waals surface area contributed by atoms with Crippen LogP contribution in [0.1, 0.15) is 5.56 Å². The number of nitrogens with two attached hydrogens (primary N) is 1. The van der Waals surface area contributed by atoms with Gasteiger partial charge in [-0.1, -0.05) is 11.6 Å². The SMILES string of the molecule is Cc1cc(Br)c(NS(=O)(=O)c2ccc(NN)nc2)cc1Cl. The lowest BCUT2D eigenvalue weighted by atomic mass is 10.2. The van der Waals surface area contributed by atoms with Crippen molar-refractivity contribution in [1.82, 2.24) is 4.98 Å². The van der Waals surface area contributed by atoms with Crippen molar-refractivity contribution in [2.75, 3.05) is 10.1 Å². The highest BCUT2D eigenvalue weighted by molar-refractivity contribution is 9.10. The fraction of sp³-hybridized carbons (Fsp3) is 0.0833. The van der Waals surface area contributed by atoms with E-state index in [0.717, 1.165) is 5.56 Å². The van der Waals surface area contributed by atoms with Crippen molar-refractivity contribution in [1.29, 1.82) is 0 Å². The largest absolute Gasteiger partial charge is 0.308 e. The van der Waals surface area contributed by atoms with Gasteiger partial charge < -0.3 is 5.43 Å². The number of halogens is 2. The van der Waals surface area contributed by atoms with E-state index < -0.39 is 10.0 Å². The molecule has 21 heavy (non-hydrogen) atoms. The average molecular weight is 392 g/mol. The molecule has 6 nitrogen and oxygen atoms in total. The molecule has 0 spiro atoms. The monoisotopic (exact) mass is 390 g/mol. The van der Waals surface area contributed by atoms with Crippen LogP contribution in [0.3, 0.4) is 0 Å². The Bertz CT molecular complexity index is 766. The molecule has 0 amide bonds. The fourth-order valence-corrected chi connectivity index (χ4v) is 3.42. The first-order valence-corrected chi connectivity index (χ1v) is 8.40. The second kappa shape index (κ2) is 6.18. The molecule has 112 valence electrons. The number of hydrazine groups is 1. The first-order chi connectivity index (χ1) is 9.83. The predicted octanol–water partition coefficient (Wildman–Crippen LogP) is 2.89. The molecule has 0 aliphatic rings. The summed E-state index contributed by atoms with van der Waals surface area (Å²) in [6.45, 7) is 1.83. The molecule has 2 aromatic rings. The normalized spacial score (nSPS) is 11.2. The second-order valence-electron chi connectivity index (χ2n) is 4.21. The van der Waals surface area contributed by atoms with E-state index in [4.69, 9.17) is 17.4 Å². The number of pyridine rings is 1. The molecule has 0 atom stereocenters.